The van der Waals surface area contributed by atoms with Crippen LogP contribution in [0.5, 0.6) is 5.75 Å². The number of carbonyl (C=O) groups is 2. The Morgan fingerprint density at radius 3 is 2.29 bits per heavy atom. The Morgan fingerprint density at radius 2 is 1.67 bits per heavy atom. The molecule has 1 spiro atoms. The standard InChI is InChI=1S/C36H36F8N6O5/c1-33(2,18-49-11-13-54-14-12-49)55-25-8-5-20(28(37)29(25)38)17-50-32(53)27(30(51)34(48(50)3)9-4-10-34)31(52)47-23-7-6-21(35(39,40)41)15-22(23)24-16-26(36(42,43)44)46-19-45-24/h5-8,15-16,19,51H,4,9-14,17-18H2,1-3H3,(H,47,52). The maximum absolute atomic E-state index is 15.7. The van der Waals surface area contributed by atoms with Crippen molar-refractivity contribution in [2.24, 2.45) is 0 Å². The molecule has 0 atom stereocenters. The van der Waals surface area contributed by atoms with Gasteiger partial charge >= 0.3 is 12.4 Å². The van der Waals surface area contributed by atoms with Gasteiger partial charge in [0.1, 0.15) is 29.0 Å². The van der Waals surface area contributed by atoms with Gasteiger partial charge in [-0.25, -0.2) is 19.4 Å². The Balaban J connectivity index is 1.30. The zero-order chi connectivity index (χ0) is 40.1. The van der Waals surface area contributed by atoms with Gasteiger partial charge in [0.15, 0.2) is 11.6 Å². The molecule has 1 aromatic heterocycles. The van der Waals surface area contributed by atoms with Crippen molar-refractivity contribution in [2.45, 2.75) is 63.1 Å². The molecule has 3 aliphatic rings. The summed E-state index contributed by atoms with van der Waals surface area (Å²) in [6.07, 6.45) is -8.45. The first kappa shape index (κ1) is 39.8. The number of anilines is 1. The second-order valence-electron chi connectivity index (χ2n) is 14.1. The minimum atomic E-state index is -4.99. The molecule has 0 bridgehead atoms. The lowest BCUT2D eigenvalue weighted by Crippen LogP contribution is -2.65. The number of nitrogens with one attached hydrogen (secondary N) is 1. The van der Waals surface area contributed by atoms with Gasteiger partial charge in [0, 0.05) is 37.8 Å². The van der Waals surface area contributed by atoms with E-state index in [4.69, 9.17) is 9.47 Å². The summed E-state index contributed by atoms with van der Waals surface area (Å²) in [5.41, 5.74) is -7.89. The topological polar surface area (TPSA) is 120 Å². The molecule has 19 heteroatoms. The SMILES string of the molecule is CN1N(Cc2ccc(OC(C)(C)CN3CCOCC3)c(F)c2F)C(=O)C(C(=O)Nc2ccc(C(F)(F)F)cc2-c2cc(C(F)(F)F)ncn2)=C(O)C12CCC2. The van der Waals surface area contributed by atoms with Crippen molar-refractivity contribution in [3.8, 4) is 17.0 Å². The van der Waals surface area contributed by atoms with Crippen molar-refractivity contribution in [1.29, 1.82) is 0 Å². The van der Waals surface area contributed by atoms with Gasteiger partial charge in [-0.05, 0) is 63.4 Å². The van der Waals surface area contributed by atoms with E-state index in [2.05, 4.69) is 20.2 Å². The third-order valence-corrected chi connectivity index (χ3v) is 9.89. The van der Waals surface area contributed by atoms with E-state index in [1.165, 1.54) is 24.2 Å². The van der Waals surface area contributed by atoms with Gasteiger partial charge in [0.2, 0.25) is 5.82 Å². The van der Waals surface area contributed by atoms with Gasteiger partial charge < -0.3 is 19.9 Å². The van der Waals surface area contributed by atoms with Crippen LogP contribution in [-0.2, 0) is 33.2 Å². The Morgan fingerprint density at radius 1 is 0.982 bits per heavy atom. The predicted molar refractivity (Wildman–Crippen MR) is 179 cm³/mol. The summed E-state index contributed by atoms with van der Waals surface area (Å²) in [4.78, 5) is 36.7. The highest BCUT2D eigenvalue weighted by Gasteiger charge is 2.55. The summed E-state index contributed by atoms with van der Waals surface area (Å²) in [5, 5.41) is 15.9. The van der Waals surface area contributed by atoms with E-state index in [0.717, 1.165) is 11.1 Å². The van der Waals surface area contributed by atoms with Crippen LogP contribution >= 0.6 is 0 Å². The molecule has 2 aliphatic heterocycles. The number of likely N-dealkylation sites (N-methyl/N-ethyl adjacent to an activating group) is 1. The van der Waals surface area contributed by atoms with Crippen molar-refractivity contribution in [3.63, 3.8) is 0 Å². The molecule has 2 N–H and O–H groups in total. The fraction of sp³-hybridized carbons (Fsp3) is 0.444. The van der Waals surface area contributed by atoms with Crippen LogP contribution in [-0.4, -0.2) is 92.8 Å². The summed E-state index contributed by atoms with van der Waals surface area (Å²) in [6, 6.07) is 4.62. The molecule has 3 aromatic rings. The number of benzene rings is 2. The van der Waals surface area contributed by atoms with Gasteiger partial charge in [-0.3, -0.25) is 19.5 Å². The summed E-state index contributed by atoms with van der Waals surface area (Å²) in [6.45, 7) is 5.56. The van der Waals surface area contributed by atoms with Crippen LogP contribution in [0, 0.1) is 11.6 Å². The molecule has 2 fully saturated rings. The van der Waals surface area contributed by atoms with Crippen molar-refractivity contribution in [1.82, 2.24) is 24.9 Å². The highest BCUT2D eigenvalue weighted by molar-refractivity contribution is 6.24. The third-order valence-electron chi connectivity index (χ3n) is 9.89. The normalized spacial score (nSPS) is 18.5. The predicted octanol–water partition coefficient (Wildman–Crippen LogP) is 6.51. The molecule has 2 amide bonds. The molecule has 1 aliphatic carbocycles. The number of hydrazine groups is 1. The molecule has 0 unspecified atom stereocenters. The van der Waals surface area contributed by atoms with E-state index >= 15 is 8.78 Å². The van der Waals surface area contributed by atoms with Crippen LogP contribution in [0.25, 0.3) is 11.3 Å². The Labute approximate surface area is 309 Å². The number of rotatable bonds is 9. The van der Waals surface area contributed by atoms with Crippen molar-refractivity contribution in [3.05, 3.63) is 82.5 Å². The van der Waals surface area contributed by atoms with E-state index in [-0.39, 0.29) is 24.2 Å². The molecule has 2 aromatic carbocycles. The van der Waals surface area contributed by atoms with Gasteiger partial charge in [-0.1, -0.05) is 6.07 Å². The average molecular weight is 785 g/mol. The lowest BCUT2D eigenvalue weighted by molar-refractivity contribution is -0.172. The number of aliphatic hydroxyl groups excluding tert-OH is 1. The highest BCUT2D eigenvalue weighted by atomic mass is 19.4. The number of aliphatic hydroxyl groups is 1. The minimum Gasteiger partial charge on any atom is -0.509 e. The second-order valence-corrected chi connectivity index (χ2v) is 14.1. The second kappa shape index (κ2) is 14.6. The maximum atomic E-state index is 15.7. The van der Waals surface area contributed by atoms with E-state index < -0.39 is 93.0 Å². The highest BCUT2D eigenvalue weighted by Crippen LogP contribution is 2.47. The number of amides is 2. The number of carbonyl (C=O) groups excluding carboxylic acids is 2. The minimum absolute atomic E-state index is 0.227. The number of aromatic nitrogens is 2. The number of alkyl halides is 6. The van der Waals surface area contributed by atoms with E-state index in [1.807, 2.05) is 0 Å². The number of halogens is 8. The van der Waals surface area contributed by atoms with E-state index in [1.54, 1.807) is 13.8 Å². The van der Waals surface area contributed by atoms with Gasteiger partial charge in [-0.2, -0.15) is 30.7 Å². The Kier molecular flexibility index (Phi) is 10.6. The molecule has 296 valence electrons. The summed E-state index contributed by atoms with van der Waals surface area (Å²) in [5.74, 6) is -6.18. The van der Waals surface area contributed by atoms with Crippen LogP contribution in [0.3, 0.4) is 0 Å². The summed E-state index contributed by atoms with van der Waals surface area (Å²) in [7, 11) is 1.42. The van der Waals surface area contributed by atoms with Crippen LogP contribution in [0.1, 0.15) is 49.9 Å². The zero-order valence-electron chi connectivity index (χ0n) is 29.7. The largest absolute Gasteiger partial charge is 0.509 e. The number of nitrogens with zero attached hydrogens (tertiary/aromatic N) is 5. The summed E-state index contributed by atoms with van der Waals surface area (Å²) < 4.78 is 124. The lowest BCUT2D eigenvalue weighted by Gasteiger charge is -2.54. The van der Waals surface area contributed by atoms with Crippen LogP contribution in [0.2, 0.25) is 0 Å². The van der Waals surface area contributed by atoms with Crippen molar-refractivity contribution >= 4 is 17.5 Å². The fourth-order valence-corrected chi connectivity index (χ4v) is 6.89. The smallest absolute Gasteiger partial charge is 0.433 e. The van der Waals surface area contributed by atoms with Gasteiger partial charge in [-0.15, -0.1) is 0 Å². The molecule has 1 saturated carbocycles. The first-order valence-electron chi connectivity index (χ1n) is 17.1. The third kappa shape index (κ3) is 7.95. The first-order valence-corrected chi connectivity index (χ1v) is 17.1. The quantitative estimate of drug-likeness (QED) is 0.185. The number of hydrogen-bond donors (Lipinski definition) is 2. The zero-order valence-corrected chi connectivity index (χ0v) is 29.7. The van der Waals surface area contributed by atoms with Crippen LogP contribution in [0.15, 0.2) is 54.1 Å². The van der Waals surface area contributed by atoms with Gasteiger partial charge in [0.25, 0.3) is 11.8 Å². The molecule has 1 saturated heterocycles. The molecule has 0 radical (unpaired) electrons. The molecular weight excluding hydrogens is 748 g/mol. The number of morpholine rings is 1. The van der Waals surface area contributed by atoms with E-state index in [0.29, 0.717) is 63.8 Å². The monoisotopic (exact) mass is 784 g/mol. The van der Waals surface area contributed by atoms with Gasteiger partial charge in [0.05, 0.1) is 42.2 Å². The van der Waals surface area contributed by atoms with E-state index in [9.17, 15) is 41.0 Å². The first-order chi connectivity index (χ1) is 25.7. The molecule has 55 heavy (non-hydrogen) atoms. The summed E-state index contributed by atoms with van der Waals surface area (Å²) >= 11 is 0. The molecule has 3 heterocycles. The number of hydrogen-bond acceptors (Lipinski definition) is 9. The van der Waals surface area contributed by atoms with Crippen molar-refractivity contribution in [2.75, 3.05) is 45.2 Å². The number of ether oxygens (including phenoxy) is 2. The Bertz CT molecular complexity index is 2010. The molecule has 6 rings (SSSR count). The average Bonchev–Trinajstić information content (AvgIpc) is 3.08. The fourth-order valence-electron chi connectivity index (χ4n) is 6.89. The molecule has 11 nitrogen and oxygen atoms in total. The van der Waals surface area contributed by atoms with Crippen LogP contribution in [0.4, 0.5) is 40.8 Å². The Hall–Kier alpha value is -4.88. The maximum Gasteiger partial charge on any atom is 0.433 e. The molecular formula is C36H36F8N6O5. The van der Waals surface area contributed by atoms with Crippen LogP contribution < -0.4 is 10.1 Å². The van der Waals surface area contributed by atoms with Crippen molar-refractivity contribution < 1.29 is 59.3 Å². The lowest BCUT2D eigenvalue weighted by atomic mass is 9.72.